The molecule has 0 aliphatic rings. The molecular weight excluding hydrogens is 418 g/mol. The van der Waals surface area contributed by atoms with E-state index in [1.165, 1.54) is 16.4 Å². The summed E-state index contributed by atoms with van der Waals surface area (Å²) in [5.74, 6) is -0.128. The van der Waals surface area contributed by atoms with E-state index in [1.54, 1.807) is 28.4 Å². The molecule has 3 aromatic rings. The fourth-order valence-electron chi connectivity index (χ4n) is 3.31. The molecule has 0 aliphatic carbocycles. The normalized spacial score (nSPS) is 11.7. The van der Waals surface area contributed by atoms with E-state index >= 15 is 0 Å². The van der Waals surface area contributed by atoms with Crippen LogP contribution < -0.4 is 0 Å². The van der Waals surface area contributed by atoms with Crippen molar-refractivity contribution in [2.24, 2.45) is 7.05 Å². The molecule has 0 saturated heterocycles. The van der Waals surface area contributed by atoms with Gasteiger partial charge in [-0.3, -0.25) is 4.79 Å². The van der Waals surface area contributed by atoms with Crippen molar-refractivity contribution in [2.75, 3.05) is 13.1 Å². The highest BCUT2D eigenvalue weighted by Crippen LogP contribution is 2.20. The Morgan fingerprint density at radius 2 is 1.70 bits per heavy atom. The zero-order valence-electron chi connectivity index (χ0n) is 17.5. The lowest BCUT2D eigenvalue weighted by atomic mass is 10.2. The van der Waals surface area contributed by atoms with Crippen LogP contribution in [0.5, 0.6) is 0 Å². The number of nitrogens with zero attached hydrogens (tertiary/aromatic N) is 3. The fraction of sp³-hybridized carbons (Fsp3) is 0.318. The quantitative estimate of drug-likeness (QED) is 0.501. The van der Waals surface area contributed by atoms with Gasteiger partial charge in [-0.15, -0.1) is 11.3 Å². The van der Waals surface area contributed by atoms with Gasteiger partial charge >= 0.3 is 0 Å². The minimum Gasteiger partial charge on any atom is -0.353 e. The lowest BCUT2D eigenvalue weighted by Crippen LogP contribution is -2.31. The third-order valence-corrected chi connectivity index (χ3v) is 7.99. The maximum absolute atomic E-state index is 13.3. The minimum absolute atomic E-state index is 0.128. The second-order valence-corrected chi connectivity index (χ2v) is 9.93. The molecule has 3 rings (SSSR count). The van der Waals surface area contributed by atoms with Crippen LogP contribution in [0.25, 0.3) is 0 Å². The second-order valence-electron chi connectivity index (χ2n) is 6.96. The molecule has 8 heteroatoms. The Morgan fingerprint density at radius 3 is 2.23 bits per heavy atom. The van der Waals surface area contributed by atoms with Crippen molar-refractivity contribution in [3.05, 3.63) is 76.2 Å². The number of sulfonamides is 1. The summed E-state index contributed by atoms with van der Waals surface area (Å²) in [6, 6.07) is 14.2. The van der Waals surface area contributed by atoms with Gasteiger partial charge in [0.2, 0.25) is 10.0 Å². The first-order valence-corrected chi connectivity index (χ1v) is 12.2. The molecule has 1 aromatic carbocycles. The van der Waals surface area contributed by atoms with E-state index in [4.69, 9.17) is 0 Å². The van der Waals surface area contributed by atoms with Crippen molar-refractivity contribution in [3.8, 4) is 0 Å². The van der Waals surface area contributed by atoms with E-state index < -0.39 is 10.0 Å². The topological polar surface area (TPSA) is 62.6 Å². The van der Waals surface area contributed by atoms with Gasteiger partial charge in [-0.1, -0.05) is 19.9 Å². The highest BCUT2D eigenvalue weighted by Gasteiger charge is 2.23. The van der Waals surface area contributed by atoms with Crippen LogP contribution in [0, 0.1) is 0 Å². The van der Waals surface area contributed by atoms with E-state index in [-0.39, 0.29) is 10.8 Å². The Morgan fingerprint density at radius 1 is 1.00 bits per heavy atom. The van der Waals surface area contributed by atoms with E-state index in [1.807, 2.05) is 61.3 Å². The van der Waals surface area contributed by atoms with Crippen molar-refractivity contribution in [2.45, 2.75) is 31.8 Å². The van der Waals surface area contributed by atoms with Crippen LogP contribution in [0.1, 0.15) is 34.8 Å². The van der Waals surface area contributed by atoms with Crippen molar-refractivity contribution in [3.63, 3.8) is 0 Å². The van der Waals surface area contributed by atoms with Gasteiger partial charge in [-0.25, -0.2) is 8.42 Å². The summed E-state index contributed by atoms with van der Waals surface area (Å²) in [5, 5.41) is 1.99. The van der Waals surface area contributed by atoms with Gasteiger partial charge in [-0.05, 0) is 47.8 Å². The predicted molar refractivity (Wildman–Crippen MR) is 120 cm³/mol. The number of aromatic nitrogens is 1. The SMILES string of the molecule is CCN(CC)S(=O)(=O)c1ccc(C(=O)N(Cc2cccs2)Cc2cccn2C)cc1. The van der Waals surface area contributed by atoms with E-state index in [0.717, 1.165) is 10.6 Å². The average Bonchev–Trinajstić information content (AvgIpc) is 3.40. The number of benzene rings is 1. The number of hydrogen-bond acceptors (Lipinski definition) is 4. The predicted octanol–water partition coefficient (Wildman–Crippen LogP) is 3.96. The lowest BCUT2D eigenvalue weighted by molar-refractivity contribution is 0.0728. The van der Waals surface area contributed by atoms with Gasteiger partial charge in [0.25, 0.3) is 5.91 Å². The van der Waals surface area contributed by atoms with Gasteiger partial charge in [0.05, 0.1) is 18.0 Å². The van der Waals surface area contributed by atoms with Crippen LogP contribution in [-0.2, 0) is 30.2 Å². The van der Waals surface area contributed by atoms with Gasteiger partial charge < -0.3 is 9.47 Å². The minimum atomic E-state index is -3.54. The van der Waals surface area contributed by atoms with E-state index in [0.29, 0.717) is 31.7 Å². The third-order valence-electron chi connectivity index (χ3n) is 5.06. The van der Waals surface area contributed by atoms with Crippen LogP contribution >= 0.6 is 11.3 Å². The molecule has 0 fully saturated rings. The summed E-state index contributed by atoms with van der Waals surface area (Å²) < 4.78 is 28.8. The fourth-order valence-corrected chi connectivity index (χ4v) is 5.49. The summed E-state index contributed by atoms with van der Waals surface area (Å²) in [6.45, 7) is 5.41. The van der Waals surface area contributed by atoms with Crippen molar-refractivity contribution in [1.82, 2.24) is 13.8 Å². The molecule has 6 nitrogen and oxygen atoms in total. The highest BCUT2D eigenvalue weighted by atomic mass is 32.2. The molecular formula is C22H27N3O3S2. The zero-order valence-corrected chi connectivity index (χ0v) is 19.1. The third kappa shape index (κ3) is 4.83. The first-order chi connectivity index (χ1) is 14.4. The van der Waals surface area contributed by atoms with Crippen LogP contribution in [0.15, 0.2) is 65.0 Å². The summed E-state index contributed by atoms with van der Waals surface area (Å²) in [6.07, 6.45) is 1.95. The van der Waals surface area contributed by atoms with Gasteiger partial charge in [0.1, 0.15) is 0 Å². The van der Waals surface area contributed by atoms with Crippen molar-refractivity contribution < 1.29 is 13.2 Å². The van der Waals surface area contributed by atoms with E-state index in [9.17, 15) is 13.2 Å². The Balaban J connectivity index is 1.86. The Kier molecular flexibility index (Phi) is 7.12. The monoisotopic (exact) mass is 445 g/mol. The molecule has 0 radical (unpaired) electrons. The summed E-state index contributed by atoms with van der Waals surface area (Å²) in [5.41, 5.74) is 1.50. The van der Waals surface area contributed by atoms with Gasteiger partial charge in [0.15, 0.2) is 0 Å². The summed E-state index contributed by atoms with van der Waals surface area (Å²) in [7, 11) is -1.59. The van der Waals surface area contributed by atoms with Crippen molar-refractivity contribution in [1.29, 1.82) is 0 Å². The number of carbonyl (C=O) groups is 1. The molecule has 0 N–H and O–H groups in total. The number of hydrogen-bond donors (Lipinski definition) is 0. The molecule has 2 aromatic heterocycles. The molecule has 0 aliphatic heterocycles. The molecule has 0 atom stereocenters. The Hall–Kier alpha value is -2.42. The number of carbonyl (C=O) groups excluding carboxylic acids is 1. The first-order valence-electron chi connectivity index (χ1n) is 9.88. The van der Waals surface area contributed by atoms with Crippen LogP contribution in [0.4, 0.5) is 0 Å². The number of aryl methyl sites for hydroxylation is 1. The number of amides is 1. The van der Waals surface area contributed by atoms with Crippen LogP contribution in [0.3, 0.4) is 0 Å². The Bertz CT molecular complexity index is 1070. The molecule has 0 bridgehead atoms. The maximum atomic E-state index is 13.3. The van der Waals surface area contributed by atoms with Crippen molar-refractivity contribution >= 4 is 27.3 Å². The zero-order chi connectivity index (χ0) is 21.7. The molecule has 2 heterocycles. The first kappa shape index (κ1) is 22.3. The number of rotatable bonds is 9. The van der Waals surface area contributed by atoms with E-state index in [2.05, 4.69) is 0 Å². The molecule has 0 unspecified atom stereocenters. The number of thiophene rings is 1. The van der Waals surface area contributed by atoms with Gasteiger partial charge in [0, 0.05) is 42.5 Å². The Labute approximate surface area is 182 Å². The second kappa shape index (κ2) is 9.59. The summed E-state index contributed by atoms with van der Waals surface area (Å²) in [4.78, 5) is 16.4. The summed E-state index contributed by atoms with van der Waals surface area (Å²) >= 11 is 1.61. The standard InChI is InChI=1S/C22H27N3O3S2/c1-4-25(5-2)30(27,28)21-12-10-18(11-13-21)22(26)24(17-20-9-7-15-29-20)16-19-8-6-14-23(19)3/h6-15H,4-5,16-17H2,1-3H3. The lowest BCUT2D eigenvalue weighted by Gasteiger charge is -2.23. The van der Waals surface area contributed by atoms with Gasteiger partial charge in [-0.2, -0.15) is 4.31 Å². The molecule has 30 heavy (non-hydrogen) atoms. The van der Waals surface area contributed by atoms with Crippen LogP contribution in [0.2, 0.25) is 0 Å². The van der Waals surface area contributed by atoms with Crippen LogP contribution in [-0.4, -0.2) is 41.2 Å². The molecule has 0 spiro atoms. The molecule has 0 saturated carbocycles. The maximum Gasteiger partial charge on any atom is 0.254 e. The largest absolute Gasteiger partial charge is 0.353 e. The average molecular weight is 446 g/mol. The molecule has 1 amide bonds. The smallest absolute Gasteiger partial charge is 0.254 e. The molecule has 160 valence electrons. The highest BCUT2D eigenvalue weighted by molar-refractivity contribution is 7.89.